The molecule has 0 unspecified atom stereocenters. The maximum atomic E-state index is 9.99. The predicted octanol–water partition coefficient (Wildman–Crippen LogP) is 6.72. The first kappa shape index (κ1) is 20.5. The Balaban J connectivity index is 1.42. The van der Waals surface area contributed by atoms with Crippen LogP contribution < -0.4 is 0 Å². The number of para-hydroxylation sites is 1. The minimum Gasteiger partial charge on any atom is -0.507 e. The van der Waals surface area contributed by atoms with Gasteiger partial charge in [-0.1, -0.05) is 63.2 Å². The topological polar surface area (TPSA) is 59.2 Å². The Kier molecular flexibility index (Phi) is 5.54. The summed E-state index contributed by atoms with van der Waals surface area (Å²) in [6, 6.07) is 7.05. The molecule has 0 bridgehead atoms. The van der Waals surface area contributed by atoms with Crippen LogP contribution in [0.4, 0.5) is 0 Å². The van der Waals surface area contributed by atoms with Gasteiger partial charge in [-0.05, 0) is 66.9 Å². The van der Waals surface area contributed by atoms with Crippen LogP contribution in [0.2, 0.25) is 0 Å². The predicted molar refractivity (Wildman–Crippen MR) is 118 cm³/mol. The van der Waals surface area contributed by atoms with Crippen LogP contribution in [-0.4, -0.2) is 21.1 Å². The summed E-state index contributed by atoms with van der Waals surface area (Å²) in [6.07, 6.45) is 7.54. The van der Waals surface area contributed by atoms with Crippen LogP contribution in [0, 0.1) is 22.7 Å². The van der Waals surface area contributed by atoms with E-state index in [1.54, 1.807) is 30.0 Å². The van der Waals surface area contributed by atoms with Gasteiger partial charge in [0.05, 0.1) is 5.56 Å². The summed E-state index contributed by atoms with van der Waals surface area (Å²) in [5, 5.41) is 18.8. The molecule has 4 nitrogen and oxygen atoms in total. The number of phenolic OH excluding ortho intramolecular Hbond substituents is 1. The fourth-order valence-corrected chi connectivity index (χ4v) is 6.87. The molecule has 2 aromatic rings. The van der Waals surface area contributed by atoms with Gasteiger partial charge >= 0.3 is 0 Å². The van der Waals surface area contributed by atoms with Crippen LogP contribution in [0.15, 0.2) is 46.1 Å². The van der Waals surface area contributed by atoms with E-state index >= 15 is 0 Å². The number of benzene rings is 1. The van der Waals surface area contributed by atoms with E-state index in [2.05, 4.69) is 37.5 Å². The molecule has 0 spiro atoms. The number of aromatic hydroxyl groups is 1. The van der Waals surface area contributed by atoms with Crippen molar-refractivity contribution in [1.29, 1.82) is 0 Å². The average molecular weight is 413 g/mol. The van der Waals surface area contributed by atoms with Gasteiger partial charge < -0.3 is 9.52 Å². The number of nitrogens with zero attached hydrogens (tertiary/aromatic N) is 2. The van der Waals surface area contributed by atoms with Gasteiger partial charge in [-0.3, -0.25) is 0 Å². The lowest BCUT2D eigenvalue weighted by Gasteiger charge is -2.58. The molecule has 29 heavy (non-hydrogen) atoms. The first-order valence-corrected chi connectivity index (χ1v) is 11.7. The van der Waals surface area contributed by atoms with E-state index < -0.39 is 0 Å². The molecule has 2 saturated carbocycles. The number of phenols is 1. The zero-order valence-corrected chi connectivity index (χ0v) is 18.6. The third-order valence-corrected chi connectivity index (χ3v) is 8.34. The van der Waals surface area contributed by atoms with Gasteiger partial charge in [0.15, 0.2) is 0 Å². The van der Waals surface area contributed by atoms with Crippen LogP contribution in [0.3, 0.4) is 0 Å². The minimum absolute atomic E-state index is 0.157. The molecule has 5 heteroatoms. The van der Waals surface area contributed by atoms with E-state index in [-0.39, 0.29) is 5.75 Å². The zero-order valence-electron chi connectivity index (χ0n) is 17.8. The molecule has 0 aliphatic heterocycles. The van der Waals surface area contributed by atoms with Gasteiger partial charge in [-0.2, -0.15) is 0 Å². The number of fused-ring (bicyclic) bond motifs is 1. The van der Waals surface area contributed by atoms with Crippen molar-refractivity contribution >= 4 is 11.8 Å². The van der Waals surface area contributed by atoms with Crippen LogP contribution in [0.1, 0.15) is 59.3 Å². The van der Waals surface area contributed by atoms with Crippen LogP contribution in [-0.2, 0) is 0 Å². The van der Waals surface area contributed by atoms with Crippen molar-refractivity contribution in [2.45, 2.75) is 64.5 Å². The van der Waals surface area contributed by atoms with Crippen LogP contribution in [0.5, 0.6) is 5.75 Å². The largest absolute Gasteiger partial charge is 0.507 e. The molecule has 0 radical (unpaired) electrons. The summed E-state index contributed by atoms with van der Waals surface area (Å²) >= 11 is 1.61. The number of allylic oxidation sites excluding steroid dienone is 1. The summed E-state index contributed by atoms with van der Waals surface area (Å²) in [7, 11) is 0. The Morgan fingerprint density at radius 3 is 2.79 bits per heavy atom. The lowest BCUT2D eigenvalue weighted by molar-refractivity contribution is -0.0524. The Bertz CT molecular complexity index is 891. The maximum absolute atomic E-state index is 9.99. The molecule has 1 aromatic heterocycles. The fraction of sp³-hybridized carbons (Fsp3) is 0.583. The van der Waals surface area contributed by atoms with Gasteiger partial charge in [0, 0.05) is 5.75 Å². The number of rotatable bonds is 5. The normalized spacial score (nSPS) is 28.9. The van der Waals surface area contributed by atoms with Crippen molar-refractivity contribution < 1.29 is 9.52 Å². The molecule has 156 valence electrons. The third kappa shape index (κ3) is 3.86. The van der Waals surface area contributed by atoms with Crippen LogP contribution >= 0.6 is 11.8 Å². The molecule has 2 aliphatic carbocycles. The smallest absolute Gasteiger partial charge is 0.276 e. The van der Waals surface area contributed by atoms with Crippen molar-refractivity contribution in [2.24, 2.45) is 22.7 Å². The standard InChI is InChI=1S/C24H32N2O2S/c1-16-10-11-20-23(2,3)13-7-14-24(20,4)18(16)12-15-29-22-26-25-21(28-22)17-8-5-6-9-19(17)27/h5-6,8-9,18,20,27H,1,7,10-15H2,2-4H3/t18-,20-,24+/m1/s1. The van der Waals surface area contributed by atoms with E-state index in [4.69, 9.17) is 4.42 Å². The number of hydrogen-bond donors (Lipinski definition) is 1. The molecule has 0 amide bonds. The van der Waals surface area contributed by atoms with Crippen molar-refractivity contribution in [3.8, 4) is 17.2 Å². The average Bonchev–Trinajstić information content (AvgIpc) is 3.12. The highest BCUT2D eigenvalue weighted by Gasteiger charge is 2.52. The van der Waals surface area contributed by atoms with Crippen molar-refractivity contribution in [3.05, 3.63) is 36.4 Å². The van der Waals surface area contributed by atoms with Gasteiger partial charge in [-0.25, -0.2) is 0 Å². The summed E-state index contributed by atoms with van der Waals surface area (Å²) in [5.74, 6) is 2.81. The molecule has 1 heterocycles. The van der Waals surface area contributed by atoms with E-state index in [1.807, 2.05) is 6.07 Å². The van der Waals surface area contributed by atoms with E-state index in [0.717, 1.165) is 24.5 Å². The van der Waals surface area contributed by atoms with E-state index in [1.165, 1.54) is 31.3 Å². The SMILES string of the molecule is C=C1CC[C@@H]2C(C)(C)CCC[C@@]2(C)[C@@H]1CCSc1nnc(-c2ccccc2O)o1. The minimum atomic E-state index is 0.157. The first-order valence-electron chi connectivity index (χ1n) is 10.7. The van der Waals surface area contributed by atoms with Gasteiger partial charge in [0.1, 0.15) is 5.75 Å². The van der Waals surface area contributed by atoms with Gasteiger partial charge in [0.25, 0.3) is 11.1 Å². The zero-order chi connectivity index (χ0) is 20.6. The van der Waals surface area contributed by atoms with Gasteiger partial charge in [-0.15, -0.1) is 10.2 Å². The van der Waals surface area contributed by atoms with E-state index in [0.29, 0.717) is 33.4 Å². The summed E-state index contributed by atoms with van der Waals surface area (Å²) in [4.78, 5) is 0. The quantitative estimate of drug-likeness (QED) is 0.436. The summed E-state index contributed by atoms with van der Waals surface area (Å²) in [6.45, 7) is 11.9. The molecule has 1 N–H and O–H groups in total. The van der Waals surface area contributed by atoms with Gasteiger partial charge in [0.2, 0.25) is 0 Å². The molecular weight excluding hydrogens is 380 g/mol. The highest BCUT2D eigenvalue weighted by atomic mass is 32.2. The molecule has 3 atom stereocenters. The summed E-state index contributed by atoms with van der Waals surface area (Å²) in [5.41, 5.74) is 2.79. The monoisotopic (exact) mass is 412 g/mol. The summed E-state index contributed by atoms with van der Waals surface area (Å²) < 4.78 is 5.79. The molecular formula is C24H32N2O2S. The Hall–Kier alpha value is -1.75. The second-order valence-corrected chi connectivity index (χ2v) is 10.7. The number of hydrogen-bond acceptors (Lipinski definition) is 5. The second kappa shape index (κ2) is 7.82. The van der Waals surface area contributed by atoms with Crippen molar-refractivity contribution in [3.63, 3.8) is 0 Å². The van der Waals surface area contributed by atoms with Crippen molar-refractivity contribution in [2.75, 3.05) is 5.75 Å². The van der Waals surface area contributed by atoms with Crippen molar-refractivity contribution in [1.82, 2.24) is 10.2 Å². The first-order chi connectivity index (χ1) is 13.8. The Morgan fingerprint density at radius 1 is 1.21 bits per heavy atom. The Morgan fingerprint density at radius 2 is 2.00 bits per heavy atom. The lowest BCUT2D eigenvalue weighted by Crippen LogP contribution is -2.49. The fourth-order valence-electron chi connectivity index (χ4n) is 6.10. The lowest BCUT2D eigenvalue weighted by atomic mass is 9.47. The number of aromatic nitrogens is 2. The maximum Gasteiger partial charge on any atom is 0.276 e. The third-order valence-electron chi connectivity index (χ3n) is 7.49. The molecule has 2 aliphatic rings. The highest BCUT2D eigenvalue weighted by Crippen LogP contribution is 2.61. The molecule has 0 saturated heterocycles. The Labute approximate surface area is 178 Å². The van der Waals surface area contributed by atoms with E-state index in [9.17, 15) is 5.11 Å². The molecule has 4 rings (SSSR count). The number of thioether (sulfide) groups is 1. The molecule has 1 aromatic carbocycles. The highest BCUT2D eigenvalue weighted by molar-refractivity contribution is 7.99. The molecule has 2 fully saturated rings. The second-order valence-electron chi connectivity index (χ2n) is 9.68. The van der Waals surface area contributed by atoms with Crippen LogP contribution in [0.25, 0.3) is 11.5 Å².